The number of rotatable bonds is 4. The minimum absolute atomic E-state index is 0.0644. The fraction of sp³-hybridized carbons (Fsp3) is 0.333. The van der Waals surface area contributed by atoms with Crippen molar-refractivity contribution in [2.24, 2.45) is 0 Å². The van der Waals surface area contributed by atoms with E-state index in [0.717, 1.165) is 0 Å². The van der Waals surface area contributed by atoms with E-state index in [2.05, 4.69) is 26.2 Å². The van der Waals surface area contributed by atoms with E-state index in [9.17, 15) is 17.6 Å². The zero-order valence-electron chi connectivity index (χ0n) is 7.94. The summed E-state index contributed by atoms with van der Waals surface area (Å²) in [5.41, 5.74) is 2.75. The van der Waals surface area contributed by atoms with Crippen molar-refractivity contribution in [3.8, 4) is 0 Å². The van der Waals surface area contributed by atoms with Crippen LogP contribution in [0.4, 0.5) is 17.6 Å². The molecular weight excluding hydrogens is 294 g/mol. The van der Waals surface area contributed by atoms with Gasteiger partial charge in [-0.25, -0.2) is 4.39 Å². The van der Waals surface area contributed by atoms with Crippen molar-refractivity contribution in [2.75, 3.05) is 6.61 Å². The number of hydrogen-bond acceptors (Lipinski definition) is 2. The second-order valence-corrected chi connectivity index (χ2v) is 3.83. The highest BCUT2D eigenvalue weighted by Crippen LogP contribution is 2.17. The Morgan fingerprint density at radius 3 is 2.56 bits per heavy atom. The van der Waals surface area contributed by atoms with Crippen LogP contribution in [0.15, 0.2) is 22.7 Å². The maximum atomic E-state index is 12.8. The fourth-order valence-corrected chi connectivity index (χ4v) is 1.34. The molecule has 1 N–H and O–H groups in total. The highest BCUT2D eigenvalue weighted by molar-refractivity contribution is 9.10. The van der Waals surface area contributed by atoms with Gasteiger partial charge in [-0.1, -0.05) is 6.07 Å². The predicted octanol–water partition coefficient (Wildman–Crippen LogP) is 3.17. The van der Waals surface area contributed by atoms with Gasteiger partial charge in [0, 0.05) is 6.54 Å². The third-order valence-electron chi connectivity index (χ3n) is 1.60. The van der Waals surface area contributed by atoms with E-state index < -0.39 is 18.6 Å². The first kappa shape index (κ1) is 13.4. The van der Waals surface area contributed by atoms with Crippen molar-refractivity contribution < 1.29 is 22.4 Å². The first-order valence-corrected chi connectivity index (χ1v) is 5.03. The molecule has 0 aliphatic heterocycles. The van der Waals surface area contributed by atoms with Gasteiger partial charge in [0.15, 0.2) is 6.61 Å². The van der Waals surface area contributed by atoms with Crippen molar-refractivity contribution in [3.63, 3.8) is 0 Å². The van der Waals surface area contributed by atoms with Gasteiger partial charge in [-0.3, -0.25) is 4.84 Å². The Hall–Kier alpha value is -0.660. The van der Waals surface area contributed by atoms with Gasteiger partial charge < -0.3 is 0 Å². The van der Waals surface area contributed by atoms with Crippen LogP contribution in [0.2, 0.25) is 0 Å². The van der Waals surface area contributed by atoms with Crippen LogP contribution in [0.1, 0.15) is 5.56 Å². The number of alkyl halides is 3. The largest absolute Gasteiger partial charge is 0.413 e. The van der Waals surface area contributed by atoms with Gasteiger partial charge in [-0.2, -0.15) is 18.7 Å². The van der Waals surface area contributed by atoms with Crippen LogP contribution in [-0.2, 0) is 11.4 Å². The minimum Gasteiger partial charge on any atom is -0.292 e. The Morgan fingerprint density at radius 1 is 1.31 bits per heavy atom. The van der Waals surface area contributed by atoms with E-state index in [1.165, 1.54) is 18.2 Å². The highest BCUT2D eigenvalue weighted by Gasteiger charge is 2.27. The average Bonchev–Trinajstić information content (AvgIpc) is 2.17. The third kappa shape index (κ3) is 4.91. The summed E-state index contributed by atoms with van der Waals surface area (Å²) >= 11 is 2.96. The van der Waals surface area contributed by atoms with E-state index in [1.54, 1.807) is 0 Å². The molecule has 0 saturated carbocycles. The first-order valence-electron chi connectivity index (χ1n) is 4.24. The Labute approximate surface area is 97.7 Å². The molecule has 0 unspecified atom stereocenters. The molecule has 0 heterocycles. The molecule has 0 amide bonds. The summed E-state index contributed by atoms with van der Waals surface area (Å²) < 4.78 is 48.1. The molecule has 0 saturated heterocycles. The molecule has 7 heteroatoms. The monoisotopic (exact) mass is 301 g/mol. The molecule has 0 aliphatic rings. The number of hydrogen-bond donors (Lipinski definition) is 1. The molecule has 1 aromatic rings. The molecule has 90 valence electrons. The van der Waals surface area contributed by atoms with Crippen LogP contribution >= 0.6 is 15.9 Å². The van der Waals surface area contributed by atoms with E-state index in [0.29, 0.717) is 5.56 Å². The van der Waals surface area contributed by atoms with Gasteiger partial charge in [0.1, 0.15) is 5.82 Å². The quantitative estimate of drug-likeness (QED) is 0.524. The summed E-state index contributed by atoms with van der Waals surface area (Å²) in [6.07, 6.45) is -4.36. The Bertz CT molecular complexity index is 356. The van der Waals surface area contributed by atoms with Crippen molar-refractivity contribution in [1.29, 1.82) is 0 Å². The van der Waals surface area contributed by atoms with Crippen molar-refractivity contribution in [2.45, 2.75) is 12.7 Å². The molecule has 0 fully saturated rings. The summed E-state index contributed by atoms with van der Waals surface area (Å²) in [7, 11) is 0. The first-order chi connectivity index (χ1) is 7.38. The fourth-order valence-electron chi connectivity index (χ4n) is 0.917. The second-order valence-electron chi connectivity index (χ2n) is 2.97. The minimum atomic E-state index is -4.36. The molecule has 0 atom stereocenters. The maximum Gasteiger partial charge on any atom is 0.413 e. The molecule has 0 radical (unpaired) electrons. The van der Waals surface area contributed by atoms with Gasteiger partial charge in [0.2, 0.25) is 0 Å². The highest BCUT2D eigenvalue weighted by atomic mass is 79.9. The molecule has 0 aliphatic carbocycles. The summed E-state index contributed by atoms with van der Waals surface area (Å²) in [4.78, 5) is 4.19. The number of nitrogens with one attached hydrogen (secondary N) is 1. The molecular formula is C9H8BrF4NO. The topological polar surface area (TPSA) is 21.3 Å². The SMILES string of the molecule is Fc1ccc(CNOCC(F)(F)F)cc1Br. The maximum absolute atomic E-state index is 12.8. The van der Waals surface area contributed by atoms with Crippen molar-refractivity contribution in [3.05, 3.63) is 34.1 Å². The number of benzene rings is 1. The van der Waals surface area contributed by atoms with Crippen LogP contribution in [-0.4, -0.2) is 12.8 Å². The molecule has 16 heavy (non-hydrogen) atoms. The summed E-state index contributed by atoms with van der Waals surface area (Å²) in [6.45, 7) is -1.30. The lowest BCUT2D eigenvalue weighted by Gasteiger charge is -2.08. The number of hydroxylamine groups is 1. The Kier molecular flexibility index (Phi) is 4.69. The normalized spacial score (nSPS) is 11.8. The van der Waals surface area contributed by atoms with Gasteiger partial charge in [-0.15, -0.1) is 0 Å². The van der Waals surface area contributed by atoms with Crippen LogP contribution in [0.25, 0.3) is 0 Å². The van der Waals surface area contributed by atoms with Crippen LogP contribution in [0.5, 0.6) is 0 Å². The van der Waals surface area contributed by atoms with E-state index in [4.69, 9.17) is 0 Å². The van der Waals surface area contributed by atoms with Gasteiger partial charge in [-0.05, 0) is 33.6 Å². The molecule has 0 bridgehead atoms. The van der Waals surface area contributed by atoms with Crippen LogP contribution < -0.4 is 5.48 Å². The van der Waals surface area contributed by atoms with E-state index >= 15 is 0 Å². The zero-order chi connectivity index (χ0) is 12.2. The third-order valence-corrected chi connectivity index (χ3v) is 2.21. The zero-order valence-corrected chi connectivity index (χ0v) is 9.53. The smallest absolute Gasteiger partial charge is 0.292 e. The Balaban J connectivity index is 2.35. The Morgan fingerprint density at radius 2 is 2.00 bits per heavy atom. The van der Waals surface area contributed by atoms with Gasteiger partial charge in [0.05, 0.1) is 4.47 Å². The molecule has 0 spiro atoms. The molecule has 0 aromatic heterocycles. The van der Waals surface area contributed by atoms with Gasteiger partial charge >= 0.3 is 6.18 Å². The average molecular weight is 302 g/mol. The molecule has 1 aromatic carbocycles. The lowest BCUT2D eigenvalue weighted by molar-refractivity contribution is -0.190. The standard InChI is InChI=1S/C9H8BrF4NO/c10-7-3-6(1-2-8(7)11)4-15-16-5-9(12,13)14/h1-3,15H,4-5H2. The second kappa shape index (κ2) is 5.60. The van der Waals surface area contributed by atoms with E-state index in [-0.39, 0.29) is 11.0 Å². The number of halogens is 5. The molecule has 2 nitrogen and oxygen atoms in total. The lowest BCUT2D eigenvalue weighted by Crippen LogP contribution is -2.24. The van der Waals surface area contributed by atoms with Crippen molar-refractivity contribution >= 4 is 15.9 Å². The van der Waals surface area contributed by atoms with Crippen LogP contribution in [0.3, 0.4) is 0 Å². The lowest BCUT2D eigenvalue weighted by atomic mass is 10.2. The van der Waals surface area contributed by atoms with Crippen molar-refractivity contribution in [1.82, 2.24) is 5.48 Å². The van der Waals surface area contributed by atoms with E-state index in [1.807, 2.05) is 0 Å². The van der Waals surface area contributed by atoms with Gasteiger partial charge in [0.25, 0.3) is 0 Å². The predicted molar refractivity (Wildman–Crippen MR) is 52.9 cm³/mol. The summed E-state index contributed by atoms with van der Waals surface area (Å²) in [6, 6.07) is 4.12. The summed E-state index contributed by atoms with van der Waals surface area (Å²) in [5.74, 6) is -0.431. The molecule has 1 rings (SSSR count). The summed E-state index contributed by atoms with van der Waals surface area (Å²) in [5, 5.41) is 0. The van der Waals surface area contributed by atoms with Crippen LogP contribution in [0, 0.1) is 5.82 Å².